The minimum Gasteiger partial charge on any atom is -0.493 e. The number of carbonyl (C=O) groups is 1. The molecule has 1 atom stereocenters. The molecule has 4 heteroatoms. The zero-order valence-electron chi connectivity index (χ0n) is 13.1. The second kappa shape index (κ2) is 5.16. The lowest BCUT2D eigenvalue weighted by Gasteiger charge is -2.21. The van der Waals surface area contributed by atoms with Crippen LogP contribution in [-0.4, -0.2) is 19.1 Å². The summed E-state index contributed by atoms with van der Waals surface area (Å²) in [5.41, 5.74) is 2.78. The Morgan fingerprint density at radius 3 is 2.87 bits per heavy atom. The summed E-state index contributed by atoms with van der Waals surface area (Å²) in [5, 5.41) is 0.868. The average Bonchev–Trinajstić information content (AvgIpc) is 3.14. The van der Waals surface area contributed by atoms with E-state index < -0.39 is 0 Å². The Kier molecular flexibility index (Phi) is 3.11. The van der Waals surface area contributed by atoms with Crippen LogP contribution in [0.4, 0.5) is 5.69 Å². The minimum absolute atomic E-state index is 0.110. The van der Waals surface area contributed by atoms with Gasteiger partial charge in [-0.3, -0.25) is 4.79 Å². The van der Waals surface area contributed by atoms with Crippen molar-refractivity contribution in [2.75, 3.05) is 12.0 Å². The van der Waals surface area contributed by atoms with E-state index >= 15 is 0 Å². The molecule has 0 fully saturated rings. The number of hydrogen-bond acceptors (Lipinski definition) is 3. The molecule has 4 nitrogen and oxygen atoms in total. The minimum atomic E-state index is -0.110. The second-order valence-corrected chi connectivity index (χ2v) is 5.85. The first kappa shape index (κ1) is 13.9. The van der Waals surface area contributed by atoms with Crippen LogP contribution in [-0.2, 0) is 6.42 Å². The van der Waals surface area contributed by atoms with Gasteiger partial charge >= 0.3 is 0 Å². The number of para-hydroxylation sites is 2. The van der Waals surface area contributed by atoms with Crippen molar-refractivity contribution >= 4 is 22.6 Å². The van der Waals surface area contributed by atoms with Crippen LogP contribution in [0.3, 0.4) is 0 Å². The summed E-state index contributed by atoms with van der Waals surface area (Å²) in [6.07, 6.45) is 0.867. The summed E-state index contributed by atoms with van der Waals surface area (Å²) in [4.78, 5) is 14.8. The fraction of sp³-hybridized carbons (Fsp3) is 0.211. The topological polar surface area (TPSA) is 42.7 Å². The molecule has 1 aliphatic rings. The van der Waals surface area contributed by atoms with Crippen LogP contribution < -0.4 is 9.64 Å². The highest BCUT2D eigenvalue weighted by atomic mass is 16.5. The van der Waals surface area contributed by atoms with Crippen LogP contribution in [0, 0.1) is 0 Å². The van der Waals surface area contributed by atoms with Gasteiger partial charge in [0.2, 0.25) is 0 Å². The summed E-state index contributed by atoms with van der Waals surface area (Å²) >= 11 is 0. The van der Waals surface area contributed by atoms with Gasteiger partial charge in [0.25, 0.3) is 5.91 Å². The Morgan fingerprint density at radius 2 is 2.04 bits per heavy atom. The lowest BCUT2D eigenvalue weighted by atomic mass is 10.1. The van der Waals surface area contributed by atoms with Gasteiger partial charge in [0.15, 0.2) is 17.1 Å². The molecule has 0 N–H and O–H groups in total. The molecule has 23 heavy (non-hydrogen) atoms. The first-order chi connectivity index (χ1) is 11.2. The molecule has 1 aromatic heterocycles. The van der Waals surface area contributed by atoms with Gasteiger partial charge in [0.1, 0.15) is 0 Å². The molecule has 1 aliphatic heterocycles. The predicted molar refractivity (Wildman–Crippen MR) is 89.2 cm³/mol. The molecule has 2 aromatic carbocycles. The van der Waals surface area contributed by atoms with Crippen molar-refractivity contribution in [3.63, 3.8) is 0 Å². The summed E-state index contributed by atoms with van der Waals surface area (Å²) in [6.45, 7) is 2.06. The zero-order chi connectivity index (χ0) is 16.0. The average molecular weight is 307 g/mol. The molecular weight excluding hydrogens is 290 g/mol. The molecule has 0 saturated carbocycles. The summed E-state index contributed by atoms with van der Waals surface area (Å²) < 4.78 is 11.1. The van der Waals surface area contributed by atoms with Gasteiger partial charge in [-0.2, -0.15) is 0 Å². The zero-order valence-corrected chi connectivity index (χ0v) is 13.1. The smallest absolute Gasteiger partial charge is 0.294 e. The van der Waals surface area contributed by atoms with E-state index in [4.69, 9.17) is 9.15 Å². The molecule has 4 rings (SSSR count). The van der Waals surface area contributed by atoms with Crippen molar-refractivity contribution < 1.29 is 13.9 Å². The van der Waals surface area contributed by atoms with Crippen molar-refractivity contribution in [1.82, 2.24) is 0 Å². The number of methoxy groups -OCH3 is 1. The van der Waals surface area contributed by atoms with Crippen molar-refractivity contribution in [2.24, 2.45) is 0 Å². The van der Waals surface area contributed by atoms with Crippen molar-refractivity contribution in [3.8, 4) is 5.75 Å². The second-order valence-electron chi connectivity index (χ2n) is 5.85. The number of hydrogen-bond donors (Lipinski definition) is 0. The Balaban J connectivity index is 1.78. The Morgan fingerprint density at radius 1 is 1.22 bits per heavy atom. The van der Waals surface area contributed by atoms with E-state index in [0.717, 1.165) is 17.5 Å². The normalized spacial score (nSPS) is 16.6. The van der Waals surface area contributed by atoms with Crippen LogP contribution in [0.2, 0.25) is 0 Å². The summed E-state index contributed by atoms with van der Waals surface area (Å²) in [5.74, 6) is 0.866. The third-order valence-electron chi connectivity index (χ3n) is 4.36. The van der Waals surface area contributed by atoms with Crippen LogP contribution in [0.25, 0.3) is 11.0 Å². The van der Waals surface area contributed by atoms with Crippen LogP contribution in [0.1, 0.15) is 23.0 Å². The van der Waals surface area contributed by atoms with Crippen LogP contribution >= 0.6 is 0 Å². The monoisotopic (exact) mass is 307 g/mol. The largest absolute Gasteiger partial charge is 0.493 e. The van der Waals surface area contributed by atoms with Gasteiger partial charge in [0.05, 0.1) is 7.11 Å². The van der Waals surface area contributed by atoms with E-state index in [2.05, 4.69) is 13.0 Å². The molecule has 116 valence electrons. The Labute approximate surface area is 134 Å². The van der Waals surface area contributed by atoms with E-state index in [1.165, 1.54) is 5.56 Å². The molecular formula is C19H17NO3. The first-order valence-corrected chi connectivity index (χ1v) is 7.67. The first-order valence-electron chi connectivity index (χ1n) is 7.67. The lowest BCUT2D eigenvalue weighted by Crippen LogP contribution is -2.35. The maximum atomic E-state index is 13.0. The number of ether oxygens (including phenoxy) is 1. The van der Waals surface area contributed by atoms with Gasteiger partial charge in [-0.1, -0.05) is 30.3 Å². The number of furan rings is 1. The molecule has 3 aromatic rings. The molecule has 0 unspecified atom stereocenters. The third kappa shape index (κ3) is 2.10. The standard InChI is InChI=1S/C19H17NO3/c1-12-10-13-6-3-4-8-15(13)20(12)19(21)17-11-14-7-5-9-16(22-2)18(14)23-17/h3-9,11-12H,10H2,1-2H3/t12-/m1/s1. The fourth-order valence-corrected chi connectivity index (χ4v) is 3.30. The van der Waals surface area contributed by atoms with E-state index in [1.807, 2.05) is 41.3 Å². The lowest BCUT2D eigenvalue weighted by molar-refractivity contribution is 0.0956. The van der Waals surface area contributed by atoms with Gasteiger partial charge in [-0.15, -0.1) is 0 Å². The fourth-order valence-electron chi connectivity index (χ4n) is 3.30. The number of carbonyl (C=O) groups excluding carboxylic acids is 1. The van der Waals surface area contributed by atoms with Gasteiger partial charge in [-0.25, -0.2) is 0 Å². The molecule has 0 spiro atoms. The maximum absolute atomic E-state index is 13.0. The number of fused-ring (bicyclic) bond motifs is 2. The molecule has 0 aliphatic carbocycles. The van der Waals surface area contributed by atoms with E-state index in [1.54, 1.807) is 13.2 Å². The molecule has 0 bridgehead atoms. The third-order valence-corrected chi connectivity index (χ3v) is 4.36. The quantitative estimate of drug-likeness (QED) is 0.718. The Bertz CT molecular complexity index is 897. The number of rotatable bonds is 2. The highest BCUT2D eigenvalue weighted by Gasteiger charge is 2.33. The van der Waals surface area contributed by atoms with E-state index in [9.17, 15) is 4.79 Å². The SMILES string of the molecule is COc1cccc2cc(C(=O)N3c4ccccc4C[C@H]3C)oc12. The maximum Gasteiger partial charge on any atom is 0.294 e. The van der Waals surface area contributed by atoms with E-state index in [-0.39, 0.29) is 11.9 Å². The van der Waals surface area contributed by atoms with Crippen LogP contribution in [0.5, 0.6) is 5.75 Å². The number of nitrogens with zero attached hydrogens (tertiary/aromatic N) is 1. The van der Waals surface area contributed by atoms with Crippen molar-refractivity contribution in [1.29, 1.82) is 0 Å². The van der Waals surface area contributed by atoms with E-state index in [0.29, 0.717) is 17.1 Å². The molecule has 1 amide bonds. The summed E-state index contributed by atoms with van der Waals surface area (Å²) in [6, 6.07) is 15.6. The van der Waals surface area contributed by atoms with Gasteiger partial charge in [0, 0.05) is 17.1 Å². The van der Waals surface area contributed by atoms with Gasteiger partial charge < -0.3 is 14.1 Å². The molecule has 0 radical (unpaired) electrons. The number of amides is 1. The van der Waals surface area contributed by atoms with Gasteiger partial charge in [-0.05, 0) is 37.1 Å². The van der Waals surface area contributed by atoms with Crippen molar-refractivity contribution in [3.05, 3.63) is 59.9 Å². The predicted octanol–water partition coefficient (Wildman–Crippen LogP) is 4.03. The van der Waals surface area contributed by atoms with Crippen LogP contribution in [0.15, 0.2) is 52.9 Å². The highest BCUT2D eigenvalue weighted by molar-refractivity contribution is 6.08. The molecule has 0 saturated heterocycles. The summed E-state index contributed by atoms with van der Waals surface area (Å²) in [7, 11) is 1.59. The van der Waals surface area contributed by atoms with Crippen molar-refractivity contribution in [2.45, 2.75) is 19.4 Å². The highest BCUT2D eigenvalue weighted by Crippen LogP contribution is 2.35. The number of benzene rings is 2. The Hall–Kier alpha value is -2.75. The number of anilines is 1. The molecule has 2 heterocycles.